The maximum atomic E-state index is 5.17. The lowest BCUT2D eigenvalue weighted by Crippen LogP contribution is -1.96. The van der Waals surface area contributed by atoms with Crippen LogP contribution in [-0.2, 0) is 0 Å². The van der Waals surface area contributed by atoms with E-state index in [9.17, 15) is 0 Å². The zero-order chi connectivity index (χ0) is 32.6. The number of aromatic nitrogens is 4. The van der Waals surface area contributed by atoms with Gasteiger partial charge in [-0.25, -0.2) is 4.98 Å². The molecule has 0 aliphatic heterocycles. The van der Waals surface area contributed by atoms with Crippen molar-refractivity contribution in [2.75, 3.05) is 0 Å². The molecule has 0 fully saturated rings. The van der Waals surface area contributed by atoms with Crippen LogP contribution >= 0.6 is 0 Å². The Balaban J connectivity index is 1.20. The second-order valence-corrected chi connectivity index (χ2v) is 12.2. The van der Waals surface area contributed by atoms with Gasteiger partial charge in [0.25, 0.3) is 0 Å². The van der Waals surface area contributed by atoms with E-state index < -0.39 is 0 Å². The van der Waals surface area contributed by atoms with E-state index >= 15 is 0 Å². The Hall–Kier alpha value is -6.65. The average molecular weight is 627 g/mol. The zero-order valence-corrected chi connectivity index (χ0v) is 26.6. The molecule has 4 nitrogen and oxygen atoms in total. The van der Waals surface area contributed by atoms with Crippen LogP contribution in [0, 0.1) is 0 Å². The number of rotatable bonds is 6. The van der Waals surface area contributed by atoms with E-state index in [4.69, 9.17) is 4.98 Å². The van der Waals surface area contributed by atoms with Crippen LogP contribution < -0.4 is 0 Å². The molecular formula is C45H30N4. The van der Waals surface area contributed by atoms with Crippen molar-refractivity contribution >= 4 is 21.8 Å². The van der Waals surface area contributed by atoms with Gasteiger partial charge in [-0.3, -0.25) is 9.97 Å². The monoisotopic (exact) mass is 626 g/mol. The van der Waals surface area contributed by atoms with Crippen LogP contribution in [0.25, 0.3) is 83.5 Å². The predicted molar refractivity (Wildman–Crippen MR) is 201 cm³/mol. The molecule has 0 spiro atoms. The van der Waals surface area contributed by atoms with Crippen molar-refractivity contribution in [3.63, 3.8) is 0 Å². The predicted octanol–water partition coefficient (Wildman–Crippen LogP) is 11.3. The summed E-state index contributed by atoms with van der Waals surface area (Å²) in [5.41, 5.74) is 13.8. The quantitative estimate of drug-likeness (QED) is 0.184. The van der Waals surface area contributed by atoms with E-state index in [1.54, 1.807) is 0 Å². The fourth-order valence-electron chi connectivity index (χ4n) is 6.76. The first-order valence-corrected chi connectivity index (χ1v) is 16.4. The van der Waals surface area contributed by atoms with Gasteiger partial charge in [-0.1, -0.05) is 97.1 Å². The summed E-state index contributed by atoms with van der Waals surface area (Å²) in [4.78, 5) is 14.3. The van der Waals surface area contributed by atoms with Crippen LogP contribution in [0.5, 0.6) is 0 Å². The number of pyridine rings is 3. The van der Waals surface area contributed by atoms with Crippen molar-refractivity contribution in [1.82, 2.24) is 19.5 Å². The average Bonchev–Trinajstić information content (AvgIpc) is 3.53. The standard InChI is InChI=1S/C45H30N4/c1-3-11-31(12-4-1)34-25-35(32-13-5-2-6-14-32)27-36(26-34)37-28-42(48-43(29-37)41-16-9-10-23-47-41)33-18-20-38(21-19-33)49-44-17-8-7-15-39(44)40-22-24-46-30-45(40)49/h1-30H. The third-order valence-corrected chi connectivity index (χ3v) is 9.13. The minimum atomic E-state index is 0.831. The summed E-state index contributed by atoms with van der Waals surface area (Å²) in [5.74, 6) is 0. The van der Waals surface area contributed by atoms with E-state index in [1.807, 2.05) is 36.8 Å². The Morgan fingerprint density at radius 1 is 0.367 bits per heavy atom. The molecule has 0 radical (unpaired) electrons. The number of fused-ring (bicyclic) bond motifs is 3. The van der Waals surface area contributed by atoms with Gasteiger partial charge in [0.1, 0.15) is 0 Å². The van der Waals surface area contributed by atoms with Crippen LogP contribution in [0.1, 0.15) is 0 Å². The number of nitrogens with zero attached hydrogens (tertiary/aromatic N) is 4. The lowest BCUT2D eigenvalue weighted by molar-refractivity contribution is 1.16. The molecule has 0 amide bonds. The van der Waals surface area contributed by atoms with Crippen LogP contribution in [0.2, 0.25) is 0 Å². The molecule has 9 aromatic rings. The van der Waals surface area contributed by atoms with Gasteiger partial charge >= 0.3 is 0 Å². The summed E-state index contributed by atoms with van der Waals surface area (Å²) >= 11 is 0. The van der Waals surface area contributed by atoms with Gasteiger partial charge in [0, 0.05) is 34.4 Å². The maximum absolute atomic E-state index is 5.17. The highest BCUT2D eigenvalue weighted by atomic mass is 15.0. The third-order valence-electron chi connectivity index (χ3n) is 9.13. The van der Waals surface area contributed by atoms with E-state index in [-0.39, 0.29) is 0 Å². The Bertz CT molecular complexity index is 2460. The van der Waals surface area contributed by atoms with Crippen molar-refractivity contribution < 1.29 is 0 Å². The summed E-state index contributed by atoms with van der Waals surface area (Å²) in [6.07, 6.45) is 5.63. The number of hydrogen-bond acceptors (Lipinski definition) is 3. The van der Waals surface area contributed by atoms with Crippen molar-refractivity contribution in [2.24, 2.45) is 0 Å². The minimum Gasteiger partial charge on any atom is -0.308 e. The molecule has 0 unspecified atom stereocenters. The Labute approximate surface area is 284 Å². The summed E-state index contributed by atoms with van der Waals surface area (Å²) in [7, 11) is 0. The second kappa shape index (κ2) is 12.2. The van der Waals surface area contributed by atoms with Gasteiger partial charge in [0.15, 0.2) is 0 Å². The summed E-state index contributed by atoms with van der Waals surface area (Å²) in [5, 5.41) is 2.41. The second-order valence-electron chi connectivity index (χ2n) is 12.2. The van der Waals surface area contributed by atoms with Gasteiger partial charge in [0.2, 0.25) is 0 Å². The first-order chi connectivity index (χ1) is 24.3. The topological polar surface area (TPSA) is 43.6 Å². The molecule has 5 aromatic carbocycles. The van der Waals surface area contributed by atoms with Crippen LogP contribution in [0.4, 0.5) is 0 Å². The van der Waals surface area contributed by atoms with E-state index in [0.29, 0.717) is 0 Å². The van der Waals surface area contributed by atoms with Crippen molar-refractivity contribution in [1.29, 1.82) is 0 Å². The molecule has 0 saturated heterocycles. The highest BCUT2D eigenvalue weighted by molar-refractivity contribution is 6.08. The summed E-state index contributed by atoms with van der Waals surface area (Å²) in [6.45, 7) is 0. The molecule has 49 heavy (non-hydrogen) atoms. The first-order valence-electron chi connectivity index (χ1n) is 16.4. The molecule has 0 saturated carbocycles. The molecule has 0 bridgehead atoms. The molecule has 4 heterocycles. The molecular weight excluding hydrogens is 597 g/mol. The van der Waals surface area contributed by atoms with Crippen molar-refractivity contribution in [2.45, 2.75) is 0 Å². The van der Waals surface area contributed by atoms with Crippen molar-refractivity contribution in [3.05, 3.63) is 182 Å². The number of hydrogen-bond donors (Lipinski definition) is 0. The van der Waals surface area contributed by atoms with Gasteiger partial charge < -0.3 is 4.57 Å². The van der Waals surface area contributed by atoms with E-state index in [2.05, 4.69) is 160 Å². The molecule has 0 N–H and O–H groups in total. The Morgan fingerprint density at radius 2 is 0.959 bits per heavy atom. The Morgan fingerprint density at radius 3 is 1.65 bits per heavy atom. The van der Waals surface area contributed by atoms with Gasteiger partial charge in [-0.05, 0) is 100 Å². The number of benzene rings is 5. The van der Waals surface area contributed by atoms with Gasteiger partial charge in [-0.2, -0.15) is 0 Å². The molecule has 9 rings (SSSR count). The summed E-state index contributed by atoms with van der Waals surface area (Å²) in [6, 6.07) is 57.6. The highest BCUT2D eigenvalue weighted by Crippen LogP contribution is 2.37. The highest BCUT2D eigenvalue weighted by Gasteiger charge is 2.15. The minimum absolute atomic E-state index is 0.831. The lowest BCUT2D eigenvalue weighted by atomic mass is 9.92. The molecule has 0 aliphatic rings. The van der Waals surface area contributed by atoms with Crippen LogP contribution in [-0.4, -0.2) is 19.5 Å². The SMILES string of the molecule is c1ccc(-c2cc(-c3ccccc3)cc(-c3cc(-c4ccc(-n5c6ccccc6c6ccncc65)cc4)nc(-c4ccccn4)c3)c2)cc1. The Kier molecular flexibility index (Phi) is 7.10. The molecule has 4 heteroatoms. The van der Waals surface area contributed by atoms with Gasteiger partial charge in [0.05, 0.1) is 34.3 Å². The normalized spacial score (nSPS) is 11.3. The van der Waals surface area contributed by atoms with Gasteiger partial charge in [-0.15, -0.1) is 0 Å². The lowest BCUT2D eigenvalue weighted by Gasteiger charge is -2.14. The molecule has 4 aromatic heterocycles. The number of para-hydroxylation sites is 1. The largest absolute Gasteiger partial charge is 0.308 e. The van der Waals surface area contributed by atoms with E-state index in [1.165, 1.54) is 33.0 Å². The van der Waals surface area contributed by atoms with Crippen LogP contribution in [0.15, 0.2) is 182 Å². The first kappa shape index (κ1) is 28.6. The fourth-order valence-corrected chi connectivity index (χ4v) is 6.76. The third kappa shape index (κ3) is 5.35. The summed E-state index contributed by atoms with van der Waals surface area (Å²) < 4.78 is 2.28. The van der Waals surface area contributed by atoms with E-state index in [0.717, 1.165) is 50.5 Å². The maximum Gasteiger partial charge on any atom is 0.0899 e. The van der Waals surface area contributed by atoms with Crippen molar-refractivity contribution in [3.8, 4) is 61.7 Å². The van der Waals surface area contributed by atoms with Crippen LogP contribution in [0.3, 0.4) is 0 Å². The molecule has 0 atom stereocenters. The molecule has 0 aliphatic carbocycles. The zero-order valence-electron chi connectivity index (χ0n) is 26.6. The molecule has 230 valence electrons. The fraction of sp³-hybridized carbons (Fsp3) is 0. The smallest absolute Gasteiger partial charge is 0.0899 e.